The zero-order valence-electron chi connectivity index (χ0n) is 13.0. The summed E-state index contributed by atoms with van der Waals surface area (Å²) in [4.78, 5) is 36.1. The molecule has 1 fully saturated rings. The van der Waals surface area contributed by atoms with Gasteiger partial charge in [-0.15, -0.1) is 0 Å². The van der Waals surface area contributed by atoms with E-state index in [-0.39, 0.29) is 30.6 Å². The number of rotatable bonds is 5. The first-order valence-corrected chi connectivity index (χ1v) is 7.79. The molecule has 2 N–H and O–H groups in total. The van der Waals surface area contributed by atoms with Crippen molar-refractivity contribution in [3.05, 3.63) is 17.0 Å². The summed E-state index contributed by atoms with van der Waals surface area (Å²) in [5.41, 5.74) is 1.59. The Bertz CT molecular complexity index is 663. The minimum Gasteiger partial charge on any atom is -0.476 e. The number of carboxylic acid groups (broad SMARTS) is 1. The van der Waals surface area contributed by atoms with Crippen LogP contribution in [0.2, 0.25) is 0 Å². The maximum atomic E-state index is 12.1. The first-order chi connectivity index (χ1) is 11.0. The number of hydrogen-bond acceptors (Lipinski definition) is 4. The van der Waals surface area contributed by atoms with Crippen LogP contribution in [-0.4, -0.2) is 50.7 Å². The first kappa shape index (κ1) is 15.5. The molecule has 1 aromatic rings. The molecule has 3 rings (SSSR count). The van der Waals surface area contributed by atoms with Crippen molar-refractivity contribution in [3.63, 3.8) is 0 Å². The van der Waals surface area contributed by atoms with Crippen molar-refractivity contribution in [1.29, 1.82) is 0 Å². The third-order valence-corrected chi connectivity index (χ3v) is 4.31. The zero-order valence-corrected chi connectivity index (χ0v) is 13.0. The molecule has 2 aliphatic rings. The summed E-state index contributed by atoms with van der Waals surface area (Å²) < 4.78 is 1.81. The highest BCUT2D eigenvalue weighted by molar-refractivity contribution is 5.88. The third-order valence-electron chi connectivity index (χ3n) is 4.31. The van der Waals surface area contributed by atoms with Crippen LogP contribution in [0.3, 0.4) is 0 Å². The quantitative estimate of drug-likeness (QED) is 0.795. The van der Waals surface area contributed by atoms with Crippen LogP contribution in [-0.2, 0) is 29.1 Å². The Morgan fingerprint density at radius 3 is 2.70 bits per heavy atom. The molecule has 1 aliphatic heterocycles. The molecule has 8 heteroatoms. The third kappa shape index (κ3) is 3.35. The fourth-order valence-corrected chi connectivity index (χ4v) is 2.88. The predicted molar refractivity (Wildman–Crippen MR) is 79.7 cm³/mol. The molecule has 0 spiro atoms. The van der Waals surface area contributed by atoms with Gasteiger partial charge in [0.15, 0.2) is 5.69 Å². The van der Waals surface area contributed by atoms with Gasteiger partial charge in [0.25, 0.3) is 0 Å². The van der Waals surface area contributed by atoms with E-state index in [0.717, 1.165) is 12.2 Å². The van der Waals surface area contributed by atoms with E-state index in [2.05, 4.69) is 10.4 Å². The summed E-state index contributed by atoms with van der Waals surface area (Å²) in [7, 11) is 0. The lowest BCUT2D eigenvalue weighted by Gasteiger charge is -2.27. The number of nitrogens with zero attached hydrogens (tertiary/aromatic N) is 3. The number of carboxylic acids is 1. The van der Waals surface area contributed by atoms with Gasteiger partial charge in [-0.05, 0) is 18.8 Å². The molecular formula is C15H20N4O4. The minimum absolute atomic E-state index is 0.0395. The Morgan fingerprint density at radius 2 is 2.09 bits per heavy atom. The van der Waals surface area contributed by atoms with Crippen LogP contribution in [0, 0.1) is 5.92 Å². The van der Waals surface area contributed by atoms with Gasteiger partial charge < -0.3 is 15.3 Å². The van der Waals surface area contributed by atoms with Gasteiger partial charge in [-0.3, -0.25) is 14.3 Å². The molecule has 1 saturated carbocycles. The van der Waals surface area contributed by atoms with Crippen LogP contribution >= 0.6 is 0 Å². The van der Waals surface area contributed by atoms with E-state index in [1.807, 2.05) is 4.68 Å². The van der Waals surface area contributed by atoms with E-state index in [0.29, 0.717) is 24.4 Å². The molecule has 0 saturated heterocycles. The van der Waals surface area contributed by atoms with Gasteiger partial charge in [-0.2, -0.15) is 5.10 Å². The Morgan fingerprint density at radius 1 is 1.35 bits per heavy atom. The highest BCUT2D eigenvalue weighted by Crippen LogP contribution is 2.32. The standard InChI is InChI=1S/C15H20N4O4/c1-9(20)16-6-13(21)18-5-4-12-11(8-18)14(15(22)23)17-19(12)7-10-2-3-10/h10H,2-8H2,1H3,(H,16,20)(H,22,23). The van der Waals surface area contributed by atoms with Crippen molar-refractivity contribution < 1.29 is 19.5 Å². The van der Waals surface area contributed by atoms with Crippen LogP contribution in [0.1, 0.15) is 41.5 Å². The minimum atomic E-state index is -1.06. The van der Waals surface area contributed by atoms with Crippen LogP contribution < -0.4 is 5.32 Å². The van der Waals surface area contributed by atoms with Gasteiger partial charge in [0.1, 0.15) is 0 Å². The largest absolute Gasteiger partial charge is 0.476 e. The lowest BCUT2D eigenvalue weighted by molar-refractivity contribution is -0.133. The summed E-state index contributed by atoms with van der Waals surface area (Å²) in [6.45, 7) is 2.80. The molecule has 0 bridgehead atoms. The van der Waals surface area contributed by atoms with Crippen molar-refractivity contribution in [2.24, 2.45) is 5.92 Å². The Hall–Kier alpha value is -2.38. The molecule has 2 heterocycles. The van der Waals surface area contributed by atoms with E-state index in [1.54, 1.807) is 4.90 Å². The smallest absolute Gasteiger partial charge is 0.356 e. The van der Waals surface area contributed by atoms with E-state index in [4.69, 9.17) is 0 Å². The average molecular weight is 320 g/mol. The fourth-order valence-electron chi connectivity index (χ4n) is 2.88. The molecule has 0 unspecified atom stereocenters. The summed E-state index contributed by atoms with van der Waals surface area (Å²) in [5.74, 6) is -0.941. The van der Waals surface area contributed by atoms with E-state index >= 15 is 0 Å². The van der Waals surface area contributed by atoms with Gasteiger partial charge >= 0.3 is 5.97 Å². The number of nitrogens with one attached hydrogen (secondary N) is 1. The lowest BCUT2D eigenvalue weighted by Crippen LogP contribution is -2.42. The van der Waals surface area contributed by atoms with Crippen molar-refractivity contribution in [3.8, 4) is 0 Å². The monoisotopic (exact) mass is 320 g/mol. The van der Waals surface area contributed by atoms with Crippen LogP contribution in [0.5, 0.6) is 0 Å². The van der Waals surface area contributed by atoms with Crippen molar-refractivity contribution in [2.75, 3.05) is 13.1 Å². The summed E-state index contributed by atoms with van der Waals surface area (Å²) in [6, 6.07) is 0. The number of hydrogen-bond donors (Lipinski definition) is 2. The molecule has 0 atom stereocenters. The maximum absolute atomic E-state index is 12.1. The molecule has 124 valence electrons. The lowest BCUT2D eigenvalue weighted by atomic mass is 10.0. The molecule has 8 nitrogen and oxygen atoms in total. The van der Waals surface area contributed by atoms with Gasteiger partial charge in [0.2, 0.25) is 11.8 Å². The number of carbonyl (C=O) groups excluding carboxylic acids is 2. The van der Waals surface area contributed by atoms with Crippen LogP contribution in [0.4, 0.5) is 0 Å². The van der Waals surface area contributed by atoms with E-state index in [9.17, 15) is 19.5 Å². The fraction of sp³-hybridized carbons (Fsp3) is 0.600. The van der Waals surface area contributed by atoms with Crippen LogP contribution in [0.15, 0.2) is 0 Å². The van der Waals surface area contributed by atoms with Crippen molar-refractivity contribution in [1.82, 2.24) is 20.0 Å². The molecule has 0 aromatic carbocycles. The zero-order chi connectivity index (χ0) is 16.6. The van der Waals surface area contributed by atoms with Crippen molar-refractivity contribution >= 4 is 17.8 Å². The van der Waals surface area contributed by atoms with Crippen LogP contribution in [0.25, 0.3) is 0 Å². The second-order valence-corrected chi connectivity index (χ2v) is 6.18. The topological polar surface area (TPSA) is 105 Å². The summed E-state index contributed by atoms with van der Waals surface area (Å²) in [6.07, 6.45) is 2.92. The summed E-state index contributed by atoms with van der Waals surface area (Å²) >= 11 is 0. The molecule has 1 aliphatic carbocycles. The number of fused-ring (bicyclic) bond motifs is 1. The van der Waals surface area contributed by atoms with Crippen molar-refractivity contribution in [2.45, 2.75) is 39.3 Å². The highest BCUT2D eigenvalue weighted by Gasteiger charge is 2.32. The maximum Gasteiger partial charge on any atom is 0.356 e. The number of carbonyl (C=O) groups is 3. The first-order valence-electron chi connectivity index (χ1n) is 7.79. The molecular weight excluding hydrogens is 300 g/mol. The molecule has 23 heavy (non-hydrogen) atoms. The average Bonchev–Trinajstić information content (AvgIpc) is 3.24. The highest BCUT2D eigenvalue weighted by atomic mass is 16.4. The van der Waals surface area contributed by atoms with Gasteiger partial charge in [0.05, 0.1) is 6.54 Å². The van der Waals surface area contributed by atoms with Gasteiger partial charge in [-0.1, -0.05) is 0 Å². The van der Waals surface area contributed by atoms with Gasteiger partial charge in [-0.25, -0.2) is 4.79 Å². The number of aromatic nitrogens is 2. The Labute approximate surface area is 133 Å². The second kappa shape index (κ2) is 6.02. The number of aromatic carboxylic acids is 1. The second-order valence-electron chi connectivity index (χ2n) is 6.18. The molecule has 2 amide bonds. The summed E-state index contributed by atoms with van der Waals surface area (Å²) in [5, 5.41) is 16.1. The van der Waals surface area contributed by atoms with E-state index < -0.39 is 5.97 Å². The Kier molecular flexibility index (Phi) is 4.06. The Balaban J connectivity index is 1.78. The number of amides is 2. The van der Waals surface area contributed by atoms with E-state index in [1.165, 1.54) is 19.8 Å². The normalized spacial score (nSPS) is 16.8. The van der Waals surface area contributed by atoms with Gasteiger partial charge in [0, 0.05) is 44.2 Å². The predicted octanol–water partition coefficient (Wildman–Crippen LogP) is 0.0121. The molecule has 1 aromatic heterocycles. The SMILES string of the molecule is CC(=O)NCC(=O)N1CCc2c(c(C(=O)O)nn2CC2CC2)C1. The molecule has 0 radical (unpaired) electrons.